The maximum atomic E-state index is 11.0. The van der Waals surface area contributed by atoms with Crippen LogP contribution in [-0.4, -0.2) is 30.1 Å². The first-order chi connectivity index (χ1) is 7.99. The van der Waals surface area contributed by atoms with Crippen LogP contribution in [0.25, 0.3) is 11.0 Å². The molecule has 4 nitrogen and oxygen atoms in total. The summed E-state index contributed by atoms with van der Waals surface area (Å²) in [6.07, 6.45) is 0. The molecule has 5 heteroatoms. The van der Waals surface area contributed by atoms with Crippen molar-refractivity contribution in [3.8, 4) is 0 Å². The number of fused-ring (bicyclic) bond motifs is 1. The van der Waals surface area contributed by atoms with Crippen molar-refractivity contribution in [2.24, 2.45) is 0 Å². The lowest BCUT2D eigenvalue weighted by atomic mass is 10.1. The number of hydrogen-bond donors (Lipinski definition) is 1. The molecule has 1 aromatic carbocycles. The zero-order valence-electron chi connectivity index (χ0n) is 10.6. The van der Waals surface area contributed by atoms with E-state index in [1.165, 1.54) is 0 Å². The summed E-state index contributed by atoms with van der Waals surface area (Å²) in [7, 11) is 3.99. The van der Waals surface area contributed by atoms with Crippen molar-refractivity contribution < 1.29 is 14.3 Å². The molecule has 0 amide bonds. The van der Waals surface area contributed by atoms with E-state index in [1.807, 2.05) is 32.3 Å². The van der Waals surface area contributed by atoms with Gasteiger partial charge in [-0.15, -0.1) is 12.4 Å². The zero-order valence-corrected chi connectivity index (χ0v) is 11.4. The molecule has 0 fully saturated rings. The van der Waals surface area contributed by atoms with Gasteiger partial charge in [-0.3, -0.25) is 0 Å². The lowest BCUT2D eigenvalue weighted by molar-refractivity contribution is 0.0664. The van der Waals surface area contributed by atoms with Crippen LogP contribution in [0.4, 0.5) is 0 Å². The van der Waals surface area contributed by atoms with Crippen LogP contribution in [0, 0.1) is 6.92 Å². The van der Waals surface area contributed by atoms with Gasteiger partial charge in [-0.2, -0.15) is 0 Å². The standard InChI is InChI=1S/C13H15NO3.ClH/c1-8-10-6-9(7-14(2)3)4-5-11(10)17-12(8)13(15)16;/h4-6H,7H2,1-3H3,(H,15,16);1H. The van der Waals surface area contributed by atoms with Gasteiger partial charge in [0.2, 0.25) is 5.76 Å². The molecule has 0 saturated carbocycles. The fourth-order valence-corrected chi connectivity index (χ4v) is 1.94. The first kappa shape index (κ1) is 14.5. The summed E-state index contributed by atoms with van der Waals surface area (Å²) in [5.41, 5.74) is 2.46. The Morgan fingerprint density at radius 2 is 2.06 bits per heavy atom. The van der Waals surface area contributed by atoms with Crippen LogP contribution >= 0.6 is 12.4 Å². The van der Waals surface area contributed by atoms with E-state index in [0.29, 0.717) is 11.1 Å². The van der Waals surface area contributed by atoms with Gasteiger partial charge in [0.05, 0.1) is 0 Å². The van der Waals surface area contributed by atoms with Crippen molar-refractivity contribution >= 4 is 29.3 Å². The highest BCUT2D eigenvalue weighted by Crippen LogP contribution is 2.26. The van der Waals surface area contributed by atoms with Gasteiger partial charge in [-0.1, -0.05) is 6.07 Å². The lowest BCUT2D eigenvalue weighted by Crippen LogP contribution is -2.10. The molecule has 98 valence electrons. The highest BCUT2D eigenvalue weighted by Gasteiger charge is 2.16. The Morgan fingerprint density at radius 3 is 2.61 bits per heavy atom. The maximum Gasteiger partial charge on any atom is 0.372 e. The molecule has 1 aromatic heterocycles. The number of benzene rings is 1. The minimum absolute atomic E-state index is 0. The summed E-state index contributed by atoms with van der Waals surface area (Å²) >= 11 is 0. The van der Waals surface area contributed by atoms with Crippen molar-refractivity contribution in [3.05, 3.63) is 35.1 Å². The molecular weight excluding hydrogens is 254 g/mol. The average Bonchev–Trinajstić information content (AvgIpc) is 2.56. The number of hydrogen-bond acceptors (Lipinski definition) is 3. The summed E-state index contributed by atoms with van der Waals surface area (Å²) in [5, 5.41) is 9.86. The predicted octanol–water partition coefficient (Wildman–Crippen LogP) is 2.92. The third-order valence-corrected chi connectivity index (χ3v) is 2.69. The van der Waals surface area contributed by atoms with Gasteiger partial charge in [0.25, 0.3) is 0 Å². The minimum atomic E-state index is -1.02. The monoisotopic (exact) mass is 269 g/mol. The van der Waals surface area contributed by atoms with Gasteiger partial charge in [-0.25, -0.2) is 4.79 Å². The van der Waals surface area contributed by atoms with Crippen molar-refractivity contribution in [1.82, 2.24) is 4.90 Å². The van der Waals surface area contributed by atoms with E-state index in [-0.39, 0.29) is 18.2 Å². The molecule has 0 atom stereocenters. The quantitative estimate of drug-likeness (QED) is 0.931. The van der Waals surface area contributed by atoms with E-state index in [9.17, 15) is 4.79 Å². The van der Waals surface area contributed by atoms with E-state index in [2.05, 4.69) is 4.90 Å². The number of furan rings is 1. The molecular formula is C13H16ClNO3. The molecule has 0 radical (unpaired) electrons. The van der Waals surface area contributed by atoms with E-state index in [1.54, 1.807) is 6.92 Å². The largest absolute Gasteiger partial charge is 0.475 e. The van der Waals surface area contributed by atoms with Gasteiger partial charge in [-0.05, 0) is 38.7 Å². The highest BCUT2D eigenvalue weighted by molar-refractivity contribution is 5.95. The Balaban J connectivity index is 0.00000162. The third kappa shape index (κ3) is 2.66. The van der Waals surface area contributed by atoms with E-state index in [0.717, 1.165) is 17.5 Å². The van der Waals surface area contributed by atoms with E-state index >= 15 is 0 Å². The Hall–Kier alpha value is -1.52. The molecule has 0 aliphatic rings. The molecule has 0 saturated heterocycles. The van der Waals surface area contributed by atoms with Crippen molar-refractivity contribution in [2.75, 3.05) is 14.1 Å². The maximum absolute atomic E-state index is 11.0. The van der Waals surface area contributed by atoms with Crippen LogP contribution in [-0.2, 0) is 6.54 Å². The second-order valence-corrected chi connectivity index (χ2v) is 4.43. The Bertz CT molecular complexity index is 575. The zero-order chi connectivity index (χ0) is 12.6. The molecule has 0 aliphatic carbocycles. The van der Waals surface area contributed by atoms with Crippen LogP contribution in [0.3, 0.4) is 0 Å². The molecule has 0 bridgehead atoms. The molecule has 0 aliphatic heterocycles. The normalized spacial score (nSPS) is 10.7. The molecule has 0 unspecified atom stereocenters. The Kier molecular flexibility index (Phi) is 4.38. The number of carbonyl (C=O) groups is 1. The van der Waals surface area contributed by atoms with E-state index < -0.39 is 5.97 Å². The molecule has 2 rings (SSSR count). The van der Waals surface area contributed by atoms with Crippen molar-refractivity contribution in [2.45, 2.75) is 13.5 Å². The summed E-state index contributed by atoms with van der Waals surface area (Å²) in [6.45, 7) is 2.59. The number of halogens is 1. The Morgan fingerprint density at radius 1 is 1.39 bits per heavy atom. The fourth-order valence-electron chi connectivity index (χ4n) is 1.94. The highest BCUT2D eigenvalue weighted by atomic mass is 35.5. The van der Waals surface area contributed by atoms with Gasteiger partial charge < -0.3 is 14.4 Å². The predicted molar refractivity (Wildman–Crippen MR) is 72.5 cm³/mol. The molecule has 0 spiro atoms. The van der Waals surface area contributed by atoms with Gasteiger partial charge >= 0.3 is 5.97 Å². The lowest BCUT2D eigenvalue weighted by Gasteiger charge is -2.09. The topological polar surface area (TPSA) is 53.7 Å². The number of nitrogens with zero attached hydrogens (tertiary/aromatic N) is 1. The number of aryl methyl sites for hydroxylation is 1. The summed E-state index contributed by atoms with van der Waals surface area (Å²) in [5.74, 6) is -0.991. The minimum Gasteiger partial charge on any atom is -0.475 e. The number of rotatable bonds is 3. The molecule has 18 heavy (non-hydrogen) atoms. The number of carboxylic acids is 1. The van der Waals surface area contributed by atoms with Crippen LogP contribution in [0.15, 0.2) is 22.6 Å². The first-order valence-electron chi connectivity index (χ1n) is 5.39. The summed E-state index contributed by atoms with van der Waals surface area (Å²) in [4.78, 5) is 13.0. The average molecular weight is 270 g/mol. The number of aromatic carboxylic acids is 1. The summed E-state index contributed by atoms with van der Waals surface area (Å²) < 4.78 is 5.31. The smallest absolute Gasteiger partial charge is 0.372 e. The van der Waals surface area contributed by atoms with E-state index in [4.69, 9.17) is 9.52 Å². The SMILES string of the molecule is Cc1c(C(=O)O)oc2ccc(CN(C)C)cc12.Cl. The van der Waals surface area contributed by atoms with Crippen LogP contribution in [0.5, 0.6) is 0 Å². The first-order valence-corrected chi connectivity index (χ1v) is 5.39. The molecule has 1 heterocycles. The van der Waals surface area contributed by atoms with Gasteiger partial charge in [0.1, 0.15) is 5.58 Å². The number of carboxylic acid groups (broad SMARTS) is 1. The van der Waals surface area contributed by atoms with Gasteiger partial charge in [0, 0.05) is 17.5 Å². The fraction of sp³-hybridized carbons (Fsp3) is 0.308. The van der Waals surface area contributed by atoms with Crippen LogP contribution in [0.2, 0.25) is 0 Å². The third-order valence-electron chi connectivity index (χ3n) is 2.69. The molecule has 2 aromatic rings. The van der Waals surface area contributed by atoms with Crippen LogP contribution in [0.1, 0.15) is 21.7 Å². The summed E-state index contributed by atoms with van der Waals surface area (Å²) in [6, 6.07) is 5.77. The van der Waals surface area contributed by atoms with Gasteiger partial charge in [0.15, 0.2) is 0 Å². The van der Waals surface area contributed by atoms with Crippen molar-refractivity contribution in [3.63, 3.8) is 0 Å². The molecule has 1 N–H and O–H groups in total. The van der Waals surface area contributed by atoms with Crippen molar-refractivity contribution in [1.29, 1.82) is 0 Å². The Labute approximate surface area is 112 Å². The van der Waals surface area contributed by atoms with Crippen LogP contribution < -0.4 is 0 Å². The second kappa shape index (κ2) is 5.42. The second-order valence-electron chi connectivity index (χ2n) is 4.43.